The number of hydrogen-bond acceptors (Lipinski definition) is 3. The second-order valence-corrected chi connectivity index (χ2v) is 4.69. The molecule has 0 unspecified atom stereocenters. The van der Waals surface area contributed by atoms with Crippen molar-refractivity contribution in [3.05, 3.63) is 28.1 Å². The van der Waals surface area contributed by atoms with E-state index in [1.54, 1.807) is 18.2 Å². The van der Waals surface area contributed by atoms with E-state index in [9.17, 15) is 4.79 Å². The lowest BCUT2D eigenvalue weighted by atomic mass is 10.3. The Kier molecular flexibility index (Phi) is 4.04. The maximum atomic E-state index is 12.0. The Morgan fingerprint density at radius 2 is 2.33 bits per heavy atom. The molecule has 1 aromatic heterocycles. The van der Waals surface area contributed by atoms with Gasteiger partial charge in [-0.25, -0.2) is 9.36 Å². The molecule has 0 spiro atoms. The number of halogens is 1. The van der Waals surface area contributed by atoms with Crippen molar-refractivity contribution in [2.45, 2.75) is 19.8 Å². The SMILES string of the molecule is CCCCNC(=O)n1c(=S)oc2cc(Cl)ccc21. The van der Waals surface area contributed by atoms with Crippen molar-refractivity contribution >= 4 is 40.9 Å². The van der Waals surface area contributed by atoms with Crippen molar-refractivity contribution < 1.29 is 9.21 Å². The highest BCUT2D eigenvalue weighted by atomic mass is 35.5. The predicted molar refractivity (Wildman–Crippen MR) is 73.8 cm³/mol. The highest BCUT2D eigenvalue weighted by Crippen LogP contribution is 2.21. The van der Waals surface area contributed by atoms with Crippen molar-refractivity contribution in [2.24, 2.45) is 0 Å². The van der Waals surface area contributed by atoms with E-state index in [0.717, 1.165) is 12.8 Å². The second kappa shape index (κ2) is 5.54. The van der Waals surface area contributed by atoms with Gasteiger partial charge in [0.2, 0.25) is 0 Å². The molecule has 18 heavy (non-hydrogen) atoms. The summed E-state index contributed by atoms with van der Waals surface area (Å²) in [6.45, 7) is 2.68. The fourth-order valence-corrected chi connectivity index (χ4v) is 2.07. The Morgan fingerprint density at radius 1 is 1.56 bits per heavy atom. The molecule has 0 radical (unpaired) electrons. The number of unbranched alkanes of at least 4 members (excludes halogenated alkanes) is 1. The van der Waals surface area contributed by atoms with Gasteiger partial charge in [-0.15, -0.1) is 0 Å². The van der Waals surface area contributed by atoms with E-state index in [4.69, 9.17) is 28.2 Å². The van der Waals surface area contributed by atoms with Crippen LogP contribution >= 0.6 is 23.8 Å². The lowest BCUT2D eigenvalue weighted by molar-refractivity contribution is 0.241. The summed E-state index contributed by atoms with van der Waals surface area (Å²) in [6.07, 6.45) is 1.95. The molecule has 0 aliphatic carbocycles. The Labute approximate surface area is 115 Å². The van der Waals surface area contributed by atoms with Crippen molar-refractivity contribution in [1.29, 1.82) is 0 Å². The number of nitrogens with one attached hydrogen (secondary N) is 1. The van der Waals surface area contributed by atoms with Crippen LogP contribution in [0.25, 0.3) is 11.1 Å². The zero-order chi connectivity index (χ0) is 13.1. The minimum absolute atomic E-state index is 0.126. The van der Waals surface area contributed by atoms with Gasteiger partial charge in [0.1, 0.15) is 0 Å². The summed E-state index contributed by atoms with van der Waals surface area (Å²) in [4.78, 5) is 12.1. The first-order chi connectivity index (χ1) is 8.63. The molecule has 0 saturated carbocycles. The number of amides is 1. The minimum atomic E-state index is -0.269. The van der Waals surface area contributed by atoms with E-state index in [-0.39, 0.29) is 10.9 Å². The van der Waals surface area contributed by atoms with Gasteiger partial charge in [0.15, 0.2) is 5.58 Å². The van der Waals surface area contributed by atoms with Gasteiger partial charge in [-0.1, -0.05) is 24.9 Å². The molecule has 4 nitrogen and oxygen atoms in total. The van der Waals surface area contributed by atoms with E-state index >= 15 is 0 Å². The van der Waals surface area contributed by atoms with E-state index in [1.807, 2.05) is 0 Å². The summed E-state index contributed by atoms with van der Waals surface area (Å²) in [5, 5.41) is 3.34. The molecule has 0 atom stereocenters. The number of carbonyl (C=O) groups is 1. The van der Waals surface area contributed by atoms with Gasteiger partial charge in [0.25, 0.3) is 4.84 Å². The summed E-state index contributed by atoms with van der Waals surface area (Å²) in [7, 11) is 0. The summed E-state index contributed by atoms with van der Waals surface area (Å²) >= 11 is 10.9. The van der Waals surface area contributed by atoms with Crippen LogP contribution in [0.3, 0.4) is 0 Å². The average molecular weight is 285 g/mol. The molecule has 1 heterocycles. The highest BCUT2D eigenvalue weighted by molar-refractivity contribution is 7.71. The first-order valence-corrected chi connectivity index (χ1v) is 6.51. The van der Waals surface area contributed by atoms with Crippen molar-refractivity contribution in [3.8, 4) is 0 Å². The van der Waals surface area contributed by atoms with Crippen LogP contribution in [0, 0.1) is 4.84 Å². The molecule has 0 fully saturated rings. The molecule has 6 heteroatoms. The number of benzene rings is 1. The molecule has 0 aliphatic heterocycles. The number of aromatic nitrogens is 1. The largest absolute Gasteiger partial charge is 0.429 e. The van der Waals surface area contributed by atoms with Gasteiger partial charge < -0.3 is 9.73 Å². The molecular formula is C12H13ClN2O2S. The topological polar surface area (TPSA) is 47.2 Å². The quantitative estimate of drug-likeness (QED) is 0.685. The van der Waals surface area contributed by atoms with Crippen molar-refractivity contribution in [3.63, 3.8) is 0 Å². The molecule has 1 aromatic carbocycles. The van der Waals surface area contributed by atoms with Gasteiger partial charge >= 0.3 is 6.03 Å². The highest BCUT2D eigenvalue weighted by Gasteiger charge is 2.13. The van der Waals surface area contributed by atoms with Crippen LogP contribution in [0.5, 0.6) is 0 Å². The lowest BCUT2D eigenvalue weighted by Crippen LogP contribution is -2.29. The summed E-state index contributed by atoms with van der Waals surface area (Å²) in [5.41, 5.74) is 1.14. The number of carbonyl (C=O) groups excluding carboxylic acids is 1. The van der Waals surface area contributed by atoms with Crippen molar-refractivity contribution in [2.75, 3.05) is 6.54 Å². The van der Waals surface area contributed by atoms with Crippen LogP contribution in [0.1, 0.15) is 19.8 Å². The Bertz CT molecular complexity index is 633. The normalized spacial score (nSPS) is 10.8. The zero-order valence-electron chi connectivity index (χ0n) is 9.90. The first kappa shape index (κ1) is 13.1. The van der Waals surface area contributed by atoms with E-state index in [2.05, 4.69) is 12.2 Å². The van der Waals surface area contributed by atoms with Gasteiger partial charge in [0.05, 0.1) is 5.52 Å². The fourth-order valence-electron chi connectivity index (χ4n) is 1.64. The lowest BCUT2D eigenvalue weighted by Gasteiger charge is -2.04. The molecule has 0 bridgehead atoms. The van der Waals surface area contributed by atoms with Crippen LogP contribution in [0.15, 0.2) is 22.6 Å². The Hall–Kier alpha value is -1.33. The number of rotatable bonds is 3. The van der Waals surface area contributed by atoms with E-state index in [1.165, 1.54) is 4.57 Å². The molecule has 2 rings (SSSR count). The Morgan fingerprint density at radius 3 is 3.06 bits per heavy atom. The van der Waals surface area contributed by atoms with Gasteiger partial charge in [0, 0.05) is 17.6 Å². The first-order valence-electron chi connectivity index (χ1n) is 5.72. The molecule has 0 saturated heterocycles. The molecular weight excluding hydrogens is 272 g/mol. The molecule has 2 aromatic rings. The van der Waals surface area contributed by atoms with E-state index < -0.39 is 0 Å². The second-order valence-electron chi connectivity index (χ2n) is 3.90. The van der Waals surface area contributed by atoms with Gasteiger partial charge in [-0.2, -0.15) is 0 Å². The summed E-state index contributed by atoms with van der Waals surface area (Å²) < 4.78 is 6.68. The molecule has 96 valence electrons. The third-order valence-corrected chi connectivity index (χ3v) is 3.05. The maximum absolute atomic E-state index is 12.0. The zero-order valence-corrected chi connectivity index (χ0v) is 11.5. The minimum Gasteiger partial charge on any atom is -0.429 e. The van der Waals surface area contributed by atoms with Crippen LogP contribution in [-0.4, -0.2) is 17.1 Å². The number of fused-ring (bicyclic) bond motifs is 1. The van der Waals surface area contributed by atoms with Gasteiger partial charge in [-0.3, -0.25) is 0 Å². The maximum Gasteiger partial charge on any atom is 0.329 e. The van der Waals surface area contributed by atoms with Crippen LogP contribution in [0.4, 0.5) is 4.79 Å². The Balaban J connectivity index is 2.35. The fraction of sp³-hybridized carbons (Fsp3) is 0.333. The number of hydrogen-bond donors (Lipinski definition) is 1. The van der Waals surface area contributed by atoms with E-state index in [0.29, 0.717) is 22.7 Å². The summed E-state index contributed by atoms with van der Waals surface area (Å²) in [6, 6.07) is 4.79. The molecule has 1 N–H and O–H groups in total. The number of nitrogens with zero attached hydrogens (tertiary/aromatic N) is 1. The number of oxazole rings is 1. The smallest absolute Gasteiger partial charge is 0.329 e. The molecule has 1 amide bonds. The van der Waals surface area contributed by atoms with Gasteiger partial charge in [-0.05, 0) is 30.8 Å². The predicted octanol–water partition coefficient (Wildman–Crippen LogP) is 3.97. The average Bonchev–Trinajstić information content (AvgIpc) is 2.64. The monoisotopic (exact) mass is 284 g/mol. The van der Waals surface area contributed by atoms with Crippen molar-refractivity contribution in [1.82, 2.24) is 9.88 Å². The van der Waals surface area contributed by atoms with Crippen LogP contribution < -0.4 is 5.32 Å². The standard InChI is InChI=1S/C12H13ClN2O2S/c1-2-3-6-14-11(16)15-9-5-4-8(13)7-10(9)17-12(15)18/h4-5,7H,2-3,6H2,1H3,(H,14,16). The molecule has 0 aliphatic rings. The van der Waals surface area contributed by atoms with Crippen LogP contribution in [0.2, 0.25) is 5.02 Å². The third kappa shape index (κ3) is 2.57. The van der Waals surface area contributed by atoms with Crippen LogP contribution in [-0.2, 0) is 0 Å². The third-order valence-electron chi connectivity index (χ3n) is 2.55. The summed E-state index contributed by atoms with van der Waals surface area (Å²) in [5.74, 6) is 0.